The lowest BCUT2D eigenvalue weighted by molar-refractivity contribution is -0.142. The zero-order valence-electron chi connectivity index (χ0n) is 15.3. The topological polar surface area (TPSA) is 69.6 Å². The first-order valence-electron chi connectivity index (χ1n) is 9.65. The Morgan fingerprint density at radius 3 is 2.19 bits per heavy atom. The second-order valence-electron chi connectivity index (χ2n) is 7.67. The van der Waals surface area contributed by atoms with Gasteiger partial charge in [-0.25, -0.2) is 13.6 Å². The van der Waals surface area contributed by atoms with Crippen LogP contribution in [0.2, 0.25) is 0 Å². The number of hydrogen-bond donors (Lipinski definition) is 2. The molecule has 27 heavy (non-hydrogen) atoms. The minimum Gasteiger partial charge on any atom is -0.481 e. The molecule has 2 aliphatic rings. The van der Waals surface area contributed by atoms with E-state index in [1.54, 1.807) is 4.90 Å². The molecule has 3 rings (SSSR count). The minimum absolute atomic E-state index is 0.0262. The highest BCUT2D eigenvalue weighted by molar-refractivity contribution is 5.74. The van der Waals surface area contributed by atoms with Crippen molar-refractivity contribution in [2.24, 2.45) is 11.8 Å². The molecule has 1 heterocycles. The molecule has 7 heteroatoms. The van der Waals surface area contributed by atoms with E-state index in [-0.39, 0.29) is 29.5 Å². The molecule has 0 atom stereocenters. The zero-order chi connectivity index (χ0) is 19.4. The van der Waals surface area contributed by atoms with Crippen LogP contribution in [0.25, 0.3) is 0 Å². The van der Waals surface area contributed by atoms with Gasteiger partial charge in [-0.3, -0.25) is 4.79 Å². The van der Waals surface area contributed by atoms with Gasteiger partial charge in [0.15, 0.2) is 0 Å². The van der Waals surface area contributed by atoms with Crippen molar-refractivity contribution in [2.45, 2.75) is 51.0 Å². The molecule has 1 aromatic carbocycles. The molecule has 2 N–H and O–H groups in total. The highest BCUT2D eigenvalue weighted by Gasteiger charge is 2.29. The Morgan fingerprint density at radius 1 is 1.04 bits per heavy atom. The molecular formula is C20H26F2N2O3. The van der Waals surface area contributed by atoms with Crippen LogP contribution in [0.1, 0.15) is 44.1 Å². The highest BCUT2D eigenvalue weighted by atomic mass is 19.1. The Labute approximate surface area is 157 Å². The predicted octanol–water partition coefficient (Wildman–Crippen LogP) is 3.57. The molecule has 5 nitrogen and oxygen atoms in total. The van der Waals surface area contributed by atoms with Gasteiger partial charge in [0.05, 0.1) is 5.92 Å². The van der Waals surface area contributed by atoms with Crippen LogP contribution in [0, 0.1) is 23.5 Å². The number of likely N-dealkylation sites (tertiary alicyclic amines) is 1. The number of rotatable bonds is 4. The van der Waals surface area contributed by atoms with Crippen molar-refractivity contribution in [3.63, 3.8) is 0 Å². The molecule has 1 aromatic rings. The van der Waals surface area contributed by atoms with Gasteiger partial charge in [-0.15, -0.1) is 0 Å². The number of benzene rings is 1. The van der Waals surface area contributed by atoms with Gasteiger partial charge in [-0.05, 0) is 63.0 Å². The van der Waals surface area contributed by atoms with Crippen molar-refractivity contribution in [1.29, 1.82) is 0 Å². The molecule has 1 aliphatic heterocycles. The monoisotopic (exact) mass is 380 g/mol. The van der Waals surface area contributed by atoms with Gasteiger partial charge in [0, 0.05) is 24.7 Å². The molecule has 1 saturated carbocycles. The molecule has 2 amide bonds. The second-order valence-corrected chi connectivity index (χ2v) is 7.67. The number of halogens is 2. The molecule has 1 aliphatic carbocycles. The summed E-state index contributed by atoms with van der Waals surface area (Å²) in [5, 5.41) is 12.0. The van der Waals surface area contributed by atoms with Crippen molar-refractivity contribution in [3.05, 3.63) is 35.4 Å². The average Bonchev–Trinajstić information content (AvgIpc) is 2.66. The quantitative estimate of drug-likeness (QED) is 0.839. The second kappa shape index (κ2) is 8.67. The molecule has 0 bridgehead atoms. The average molecular weight is 380 g/mol. The third kappa shape index (κ3) is 4.96. The third-order valence-electron chi connectivity index (χ3n) is 5.86. The van der Waals surface area contributed by atoms with Gasteiger partial charge in [0.25, 0.3) is 0 Å². The summed E-state index contributed by atoms with van der Waals surface area (Å²) in [6, 6.07) is 3.83. The number of carboxylic acid groups (broad SMARTS) is 1. The number of amides is 2. The van der Waals surface area contributed by atoms with Crippen LogP contribution < -0.4 is 5.32 Å². The van der Waals surface area contributed by atoms with E-state index < -0.39 is 17.6 Å². The molecule has 0 radical (unpaired) electrons. The lowest BCUT2D eigenvalue weighted by Gasteiger charge is -2.34. The fourth-order valence-electron chi connectivity index (χ4n) is 4.11. The molecule has 0 aromatic heterocycles. The van der Waals surface area contributed by atoms with Crippen LogP contribution >= 0.6 is 0 Å². The molecule has 2 fully saturated rings. The van der Waals surface area contributed by atoms with Crippen LogP contribution in [-0.2, 0) is 11.2 Å². The van der Waals surface area contributed by atoms with Gasteiger partial charge < -0.3 is 15.3 Å². The number of hydrogen-bond acceptors (Lipinski definition) is 2. The Hall–Kier alpha value is -2.18. The van der Waals surface area contributed by atoms with E-state index in [1.807, 2.05) is 0 Å². The van der Waals surface area contributed by atoms with Crippen LogP contribution in [0.4, 0.5) is 13.6 Å². The third-order valence-corrected chi connectivity index (χ3v) is 5.86. The smallest absolute Gasteiger partial charge is 0.317 e. The molecule has 148 valence electrons. The van der Waals surface area contributed by atoms with E-state index in [2.05, 4.69) is 5.32 Å². The minimum atomic E-state index is -0.756. The fourth-order valence-corrected chi connectivity index (χ4v) is 4.11. The van der Waals surface area contributed by atoms with E-state index in [1.165, 1.54) is 18.2 Å². The molecule has 0 spiro atoms. The largest absolute Gasteiger partial charge is 0.481 e. The number of aliphatic carboxylic acids is 1. The van der Waals surface area contributed by atoms with Crippen LogP contribution in [-0.4, -0.2) is 41.1 Å². The summed E-state index contributed by atoms with van der Waals surface area (Å²) in [5.41, 5.74) is 0.135. The first-order chi connectivity index (χ1) is 12.9. The molecular weight excluding hydrogens is 354 g/mol. The van der Waals surface area contributed by atoms with E-state index >= 15 is 0 Å². The Balaban J connectivity index is 1.44. The van der Waals surface area contributed by atoms with Gasteiger partial charge in [-0.1, -0.05) is 6.07 Å². The number of nitrogens with zero attached hydrogens (tertiary/aromatic N) is 1. The van der Waals surface area contributed by atoms with Crippen molar-refractivity contribution in [3.8, 4) is 0 Å². The van der Waals surface area contributed by atoms with Crippen molar-refractivity contribution < 1.29 is 23.5 Å². The standard InChI is InChI=1S/C20H26F2N2O3/c21-17-2-1-3-18(22)16(17)12-13-8-10-24(11-9-13)20(27)23-15-6-4-14(5-7-15)19(25)26/h1-3,13-15H,4-12H2,(H,23,27)(H,25,26). The van der Waals surface area contributed by atoms with E-state index in [0.29, 0.717) is 58.0 Å². The molecule has 0 unspecified atom stereocenters. The highest BCUT2D eigenvalue weighted by Crippen LogP contribution is 2.26. The SMILES string of the molecule is O=C(O)C1CCC(NC(=O)N2CCC(Cc3c(F)cccc3F)CC2)CC1. The Morgan fingerprint density at radius 2 is 1.63 bits per heavy atom. The Bertz CT molecular complexity index is 662. The summed E-state index contributed by atoms with van der Waals surface area (Å²) < 4.78 is 27.6. The zero-order valence-corrected chi connectivity index (χ0v) is 15.3. The van der Waals surface area contributed by atoms with E-state index in [0.717, 1.165) is 0 Å². The number of carbonyl (C=O) groups is 2. The van der Waals surface area contributed by atoms with Crippen molar-refractivity contribution in [1.82, 2.24) is 10.2 Å². The summed E-state index contributed by atoms with van der Waals surface area (Å²) in [5.74, 6) is -1.91. The van der Waals surface area contributed by atoms with E-state index in [4.69, 9.17) is 5.11 Å². The van der Waals surface area contributed by atoms with Gasteiger partial charge in [0.1, 0.15) is 11.6 Å². The first kappa shape index (κ1) is 19.6. The lowest BCUT2D eigenvalue weighted by Crippen LogP contribution is -2.49. The maximum absolute atomic E-state index is 13.8. The Kier molecular flexibility index (Phi) is 6.29. The first-order valence-corrected chi connectivity index (χ1v) is 9.65. The predicted molar refractivity (Wildman–Crippen MR) is 96.3 cm³/mol. The van der Waals surface area contributed by atoms with Gasteiger partial charge in [0.2, 0.25) is 0 Å². The van der Waals surface area contributed by atoms with Crippen molar-refractivity contribution in [2.75, 3.05) is 13.1 Å². The van der Waals surface area contributed by atoms with Gasteiger partial charge in [-0.2, -0.15) is 0 Å². The number of carbonyl (C=O) groups excluding carboxylic acids is 1. The number of urea groups is 1. The summed E-state index contributed by atoms with van der Waals surface area (Å²) in [6.45, 7) is 1.13. The number of piperidine rings is 1. The summed E-state index contributed by atoms with van der Waals surface area (Å²) >= 11 is 0. The summed E-state index contributed by atoms with van der Waals surface area (Å²) in [4.78, 5) is 25.2. The number of carboxylic acids is 1. The fraction of sp³-hybridized carbons (Fsp3) is 0.600. The summed E-state index contributed by atoms with van der Waals surface area (Å²) in [6.07, 6.45) is 4.34. The summed E-state index contributed by atoms with van der Waals surface area (Å²) in [7, 11) is 0. The van der Waals surface area contributed by atoms with Crippen molar-refractivity contribution >= 4 is 12.0 Å². The maximum Gasteiger partial charge on any atom is 0.317 e. The number of nitrogens with one attached hydrogen (secondary N) is 1. The van der Waals surface area contributed by atoms with Crippen LogP contribution in [0.15, 0.2) is 18.2 Å². The lowest BCUT2D eigenvalue weighted by atomic mass is 9.86. The maximum atomic E-state index is 13.8. The van der Waals surface area contributed by atoms with E-state index in [9.17, 15) is 18.4 Å². The van der Waals surface area contributed by atoms with Gasteiger partial charge >= 0.3 is 12.0 Å². The van der Waals surface area contributed by atoms with Crippen LogP contribution in [0.3, 0.4) is 0 Å². The van der Waals surface area contributed by atoms with Crippen LogP contribution in [0.5, 0.6) is 0 Å². The molecule has 1 saturated heterocycles. The normalized spacial score (nSPS) is 23.9.